The van der Waals surface area contributed by atoms with Gasteiger partial charge in [0.15, 0.2) is 0 Å². The molecule has 3 nitrogen and oxygen atoms in total. The lowest BCUT2D eigenvalue weighted by atomic mass is 10.1. The summed E-state index contributed by atoms with van der Waals surface area (Å²) in [6, 6.07) is 9.00. The van der Waals surface area contributed by atoms with E-state index in [9.17, 15) is 8.42 Å². The summed E-state index contributed by atoms with van der Waals surface area (Å²) < 4.78 is 29.0. The summed E-state index contributed by atoms with van der Waals surface area (Å²) in [6.45, 7) is 1.82. The molecular formula is C12H11Br2NO2S2. The molecule has 19 heavy (non-hydrogen) atoms. The molecule has 0 aliphatic carbocycles. The van der Waals surface area contributed by atoms with Crippen LogP contribution in [0.25, 0.3) is 0 Å². The van der Waals surface area contributed by atoms with Crippen LogP contribution in [0.1, 0.15) is 18.5 Å². The van der Waals surface area contributed by atoms with Crippen molar-refractivity contribution in [2.75, 3.05) is 0 Å². The van der Waals surface area contributed by atoms with Crippen molar-refractivity contribution in [3.8, 4) is 0 Å². The van der Waals surface area contributed by atoms with E-state index in [-0.39, 0.29) is 6.04 Å². The van der Waals surface area contributed by atoms with E-state index in [0.717, 1.165) is 10.0 Å². The molecule has 0 bridgehead atoms. The first-order valence-corrected chi connectivity index (χ1v) is 9.36. The van der Waals surface area contributed by atoms with E-state index in [0.29, 0.717) is 8.68 Å². The summed E-state index contributed by atoms with van der Waals surface area (Å²) in [6.07, 6.45) is 0. The van der Waals surface area contributed by atoms with Crippen molar-refractivity contribution in [1.29, 1.82) is 0 Å². The first-order chi connectivity index (χ1) is 8.90. The molecule has 0 radical (unpaired) electrons. The van der Waals surface area contributed by atoms with Crippen LogP contribution in [-0.4, -0.2) is 8.42 Å². The fourth-order valence-corrected chi connectivity index (χ4v) is 5.43. The monoisotopic (exact) mass is 423 g/mol. The zero-order chi connectivity index (χ0) is 14.0. The zero-order valence-corrected chi connectivity index (χ0v) is 14.7. The Kier molecular flexibility index (Phi) is 4.84. The van der Waals surface area contributed by atoms with Crippen LogP contribution in [0, 0.1) is 0 Å². The van der Waals surface area contributed by atoms with Gasteiger partial charge < -0.3 is 0 Å². The quantitative estimate of drug-likeness (QED) is 0.794. The smallest absolute Gasteiger partial charge is 0.206 e. The average Bonchev–Trinajstić information content (AvgIpc) is 2.76. The summed E-state index contributed by atoms with van der Waals surface area (Å²) in [5.41, 5.74) is 0.916. The highest BCUT2D eigenvalue weighted by Crippen LogP contribution is 2.29. The molecule has 1 atom stereocenters. The molecular weight excluding hydrogens is 414 g/mol. The van der Waals surface area contributed by atoms with Crippen molar-refractivity contribution >= 4 is 53.2 Å². The molecule has 1 aromatic heterocycles. The molecule has 1 aromatic carbocycles. The molecule has 2 rings (SSSR count). The van der Waals surface area contributed by atoms with Gasteiger partial charge in [-0.2, -0.15) is 0 Å². The van der Waals surface area contributed by atoms with Gasteiger partial charge in [-0.15, -0.1) is 11.3 Å². The van der Waals surface area contributed by atoms with Crippen LogP contribution in [0.2, 0.25) is 0 Å². The Bertz CT molecular complexity index is 665. The predicted octanol–water partition coefficient (Wildman–Crippen LogP) is 4.31. The summed E-state index contributed by atoms with van der Waals surface area (Å²) >= 11 is 7.79. The van der Waals surface area contributed by atoms with Crippen molar-refractivity contribution in [2.24, 2.45) is 0 Å². The lowest BCUT2D eigenvalue weighted by Gasteiger charge is -2.14. The van der Waals surface area contributed by atoms with E-state index in [1.54, 1.807) is 11.4 Å². The number of hydrogen-bond donors (Lipinski definition) is 1. The van der Waals surface area contributed by atoms with Gasteiger partial charge in [-0.25, -0.2) is 13.1 Å². The van der Waals surface area contributed by atoms with E-state index in [2.05, 4.69) is 36.6 Å². The van der Waals surface area contributed by atoms with Crippen molar-refractivity contribution in [2.45, 2.75) is 17.2 Å². The fourth-order valence-electron chi connectivity index (χ4n) is 1.58. The van der Waals surface area contributed by atoms with Crippen LogP contribution < -0.4 is 4.72 Å². The second kappa shape index (κ2) is 6.05. The van der Waals surface area contributed by atoms with Crippen molar-refractivity contribution in [3.63, 3.8) is 0 Å². The van der Waals surface area contributed by atoms with E-state index in [1.807, 2.05) is 31.2 Å². The van der Waals surface area contributed by atoms with Gasteiger partial charge in [0.2, 0.25) is 0 Å². The molecule has 0 saturated heterocycles. The second-order valence-corrected chi connectivity index (χ2v) is 8.55. The predicted molar refractivity (Wildman–Crippen MR) is 84.9 cm³/mol. The maximum Gasteiger partial charge on any atom is 0.251 e. The van der Waals surface area contributed by atoms with Crippen LogP contribution in [0.4, 0.5) is 0 Å². The Hall–Kier alpha value is -0.210. The first kappa shape index (κ1) is 15.2. The lowest BCUT2D eigenvalue weighted by Crippen LogP contribution is -2.26. The molecule has 2 aromatic rings. The number of thiophene rings is 1. The normalized spacial score (nSPS) is 13.4. The molecule has 0 saturated carbocycles. The first-order valence-electron chi connectivity index (χ1n) is 5.41. The molecule has 0 spiro atoms. The third kappa shape index (κ3) is 3.66. The van der Waals surface area contributed by atoms with E-state index in [1.165, 1.54) is 11.3 Å². The van der Waals surface area contributed by atoms with Gasteiger partial charge in [0, 0.05) is 15.0 Å². The van der Waals surface area contributed by atoms with Crippen LogP contribution in [0.15, 0.2) is 48.9 Å². The summed E-state index contributed by atoms with van der Waals surface area (Å²) in [7, 11) is -3.50. The topological polar surface area (TPSA) is 46.2 Å². The van der Waals surface area contributed by atoms with Gasteiger partial charge in [0.25, 0.3) is 10.0 Å². The second-order valence-electron chi connectivity index (χ2n) is 3.95. The SMILES string of the molecule is C[C@@H](NS(=O)(=O)c1sccc1Br)c1ccc(Br)cc1. The highest BCUT2D eigenvalue weighted by molar-refractivity contribution is 9.10. The van der Waals surface area contributed by atoms with Gasteiger partial charge in [0.1, 0.15) is 4.21 Å². The minimum atomic E-state index is -3.50. The molecule has 0 unspecified atom stereocenters. The molecule has 0 fully saturated rings. The van der Waals surface area contributed by atoms with Crippen LogP contribution in [-0.2, 0) is 10.0 Å². The molecule has 1 heterocycles. The minimum Gasteiger partial charge on any atom is -0.206 e. The largest absolute Gasteiger partial charge is 0.251 e. The van der Waals surface area contributed by atoms with Gasteiger partial charge in [-0.3, -0.25) is 0 Å². The number of halogens is 2. The fraction of sp³-hybridized carbons (Fsp3) is 0.167. The highest BCUT2D eigenvalue weighted by Gasteiger charge is 2.22. The van der Waals surface area contributed by atoms with Gasteiger partial charge in [0.05, 0.1) is 0 Å². The van der Waals surface area contributed by atoms with E-state index >= 15 is 0 Å². The Labute approximate surface area is 133 Å². The average molecular weight is 425 g/mol. The standard InChI is InChI=1S/C12H11Br2NO2S2/c1-8(9-2-4-10(13)5-3-9)15-19(16,17)12-11(14)6-7-18-12/h2-8,15H,1H3/t8-/m1/s1. The Morgan fingerprint density at radius 3 is 2.32 bits per heavy atom. The summed E-state index contributed by atoms with van der Waals surface area (Å²) in [5, 5.41) is 1.74. The Morgan fingerprint density at radius 2 is 1.79 bits per heavy atom. The van der Waals surface area contributed by atoms with E-state index in [4.69, 9.17) is 0 Å². The molecule has 1 N–H and O–H groups in total. The Balaban J connectivity index is 2.21. The molecule has 7 heteroatoms. The number of nitrogens with one attached hydrogen (secondary N) is 1. The third-order valence-corrected chi connectivity index (χ3v) is 7.27. The van der Waals surface area contributed by atoms with Crippen LogP contribution in [0.3, 0.4) is 0 Å². The van der Waals surface area contributed by atoms with Crippen molar-refractivity contribution < 1.29 is 8.42 Å². The van der Waals surface area contributed by atoms with Crippen molar-refractivity contribution in [1.82, 2.24) is 4.72 Å². The number of hydrogen-bond acceptors (Lipinski definition) is 3. The minimum absolute atomic E-state index is 0.285. The maximum absolute atomic E-state index is 12.2. The zero-order valence-electron chi connectivity index (χ0n) is 9.93. The highest BCUT2D eigenvalue weighted by atomic mass is 79.9. The number of benzene rings is 1. The van der Waals surface area contributed by atoms with Crippen LogP contribution in [0.5, 0.6) is 0 Å². The van der Waals surface area contributed by atoms with Gasteiger partial charge in [-0.1, -0.05) is 28.1 Å². The lowest BCUT2D eigenvalue weighted by molar-refractivity contribution is 0.568. The molecule has 0 aliphatic rings. The van der Waals surface area contributed by atoms with Crippen LogP contribution >= 0.6 is 43.2 Å². The van der Waals surface area contributed by atoms with Crippen molar-refractivity contribution in [3.05, 3.63) is 50.2 Å². The third-order valence-electron chi connectivity index (χ3n) is 2.53. The number of rotatable bonds is 4. The molecule has 0 aliphatic heterocycles. The van der Waals surface area contributed by atoms with Gasteiger partial charge in [-0.05, 0) is 52.0 Å². The summed E-state index contributed by atoms with van der Waals surface area (Å²) in [4.78, 5) is 0. The molecule has 0 amide bonds. The summed E-state index contributed by atoms with van der Waals surface area (Å²) in [5.74, 6) is 0. The van der Waals surface area contributed by atoms with E-state index < -0.39 is 10.0 Å². The molecule has 102 valence electrons. The van der Waals surface area contributed by atoms with Gasteiger partial charge >= 0.3 is 0 Å². The number of sulfonamides is 1. The Morgan fingerprint density at radius 1 is 1.16 bits per heavy atom. The maximum atomic E-state index is 12.2.